The molecule has 3 heterocycles. The third-order valence-corrected chi connectivity index (χ3v) is 10.9. The average molecular weight is 688 g/mol. The third-order valence-electron chi connectivity index (χ3n) is 10.9. The number of hydrogen-bond donors (Lipinski definition) is 0. The van der Waals surface area contributed by atoms with Gasteiger partial charge < -0.3 is 9.13 Å². The molecule has 0 radical (unpaired) electrons. The van der Waals surface area contributed by atoms with E-state index in [9.17, 15) is 0 Å². The fraction of sp³-hybridized carbons (Fsp3) is 0. The SMILES string of the molecule is c1ccc(-c2cc(-c3ccc(-n4c5ccccc5c5c4ccc4c6ccccc6n(-c6ccccc6)c45)cc3)nc(-c3ccc4ccccc4c3)c2)cc1. The van der Waals surface area contributed by atoms with Crippen LogP contribution in [0.2, 0.25) is 0 Å². The normalized spacial score (nSPS) is 11.7. The lowest BCUT2D eigenvalue weighted by Gasteiger charge is -2.13. The summed E-state index contributed by atoms with van der Waals surface area (Å²) >= 11 is 0. The second-order valence-corrected chi connectivity index (χ2v) is 14.0. The van der Waals surface area contributed by atoms with E-state index in [0.717, 1.165) is 39.5 Å². The zero-order valence-electron chi connectivity index (χ0n) is 29.4. The van der Waals surface area contributed by atoms with E-state index in [-0.39, 0.29) is 0 Å². The monoisotopic (exact) mass is 687 g/mol. The van der Waals surface area contributed by atoms with E-state index >= 15 is 0 Å². The highest BCUT2D eigenvalue weighted by molar-refractivity contribution is 6.26. The summed E-state index contributed by atoms with van der Waals surface area (Å²) in [5, 5.41) is 7.44. The van der Waals surface area contributed by atoms with Crippen LogP contribution in [-0.4, -0.2) is 14.1 Å². The smallest absolute Gasteiger partial charge is 0.0715 e. The van der Waals surface area contributed by atoms with E-state index < -0.39 is 0 Å². The minimum Gasteiger partial charge on any atom is -0.309 e. The van der Waals surface area contributed by atoms with Crippen molar-refractivity contribution in [3.63, 3.8) is 0 Å². The van der Waals surface area contributed by atoms with Gasteiger partial charge in [0, 0.05) is 44.0 Å². The van der Waals surface area contributed by atoms with Crippen LogP contribution in [0.1, 0.15) is 0 Å². The summed E-state index contributed by atoms with van der Waals surface area (Å²) in [4.78, 5) is 5.28. The van der Waals surface area contributed by atoms with Crippen molar-refractivity contribution in [2.75, 3.05) is 0 Å². The summed E-state index contributed by atoms with van der Waals surface area (Å²) in [6, 6.07) is 72.0. The number of benzene rings is 8. The van der Waals surface area contributed by atoms with Crippen LogP contribution in [0.15, 0.2) is 200 Å². The van der Waals surface area contributed by atoms with Crippen molar-refractivity contribution >= 4 is 54.4 Å². The molecular formula is C51H33N3. The van der Waals surface area contributed by atoms with Gasteiger partial charge in [-0.1, -0.05) is 140 Å². The van der Waals surface area contributed by atoms with E-state index in [1.807, 2.05) is 0 Å². The van der Waals surface area contributed by atoms with Gasteiger partial charge in [-0.05, 0) is 82.6 Å². The Labute approximate surface area is 312 Å². The lowest BCUT2D eigenvalue weighted by atomic mass is 9.98. The molecule has 0 bridgehead atoms. The van der Waals surface area contributed by atoms with Crippen molar-refractivity contribution in [1.29, 1.82) is 0 Å². The highest BCUT2D eigenvalue weighted by Gasteiger charge is 2.21. The molecule has 252 valence electrons. The van der Waals surface area contributed by atoms with Crippen molar-refractivity contribution < 1.29 is 0 Å². The van der Waals surface area contributed by atoms with Gasteiger partial charge in [0.15, 0.2) is 0 Å². The maximum atomic E-state index is 5.28. The van der Waals surface area contributed by atoms with Crippen molar-refractivity contribution in [2.24, 2.45) is 0 Å². The molecule has 3 heteroatoms. The zero-order valence-corrected chi connectivity index (χ0v) is 29.4. The Morgan fingerprint density at radius 2 is 0.907 bits per heavy atom. The number of nitrogens with zero attached hydrogens (tertiary/aromatic N) is 3. The molecule has 0 spiro atoms. The van der Waals surface area contributed by atoms with Gasteiger partial charge in [-0.3, -0.25) is 0 Å². The van der Waals surface area contributed by atoms with Gasteiger partial charge in [0.05, 0.1) is 33.5 Å². The van der Waals surface area contributed by atoms with Crippen molar-refractivity contribution in [2.45, 2.75) is 0 Å². The predicted molar refractivity (Wildman–Crippen MR) is 227 cm³/mol. The van der Waals surface area contributed by atoms with E-state index in [2.05, 4.69) is 209 Å². The number of pyridine rings is 1. The van der Waals surface area contributed by atoms with Crippen molar-refractivity contribution in [3.8, 4) is 45.0 Å². The van der Waals surface area contributed by atoms with Gasteiger partial charge in [0.1, 0.15) is 0 Å². The van der Waals surface area contributed by atoms with Crippen molar-refractivity contribution in [3.05, 3.63) is 200 Å². The molecular weight excluding hydrogens is 655 g/mol. The maximum Gasteiger partial charge on any atom is 0.0715 e. The standard InChI is InChI=1S/C51H33N3/c1-3-13-34(14-4-1)39-32-45(52-46(33-39)38-24-23-35-15-7-8-16-37(35)31-38)36-25-27-41(28-26-36)53-48-22-12-10-20-44(48)50-49(53)30-29-43-42-19-9-11-21-47(42)54(51(43)50)40-17-5-2-6-18-40/h1-33H. The van der Waals surface area contributed by atoms with Gasteiger partial charge in [-0.2, -0.15) is 0 Å². The molecule has 8 aromatic carbocycles. The first-order valence-corrected chi connectivity index (χ1v) is 18.5. The molecule has 0 aliphatic carbocycles. The summed E-state index contributed by atoms with van der Waals surface area (Å²) in [7, 11) is 0. The molecule has 0 N–H and O–H groups in total. The highest BCUT2D eigenvalue weighted by atomic mass is 15.0. The van der Waals surface area contributed by atoms with E-state index in [0.29, 0.717) is 0 Å². The Kier molecular flexibility index (Phi) is 6.86. The molecule has 0 atom stereocenters. The van der Waals surface area contributed by atoms with Gasteiger partial charge in [-0.25, -0.2) is 4.98 Å². The van der Waals surface area contributed by atoms with Crippen LogP contribution in [0.25, 0.3) is 99.4 Å². The van der Waals surface area contributed by atoms with Crippen molar-refractivity contribution in [1.82, 2.24) is 14.1 Å². The Bertz CT molecular complexity index is 3190. The molecule has 54 heavy (non-hydrogen) atoms. The molecule has 0 aliphatic heterocycles. The number of para-hydroxylation sites is 3. The second kappa shape index (κ2) is 12.2. The highest BCUT2D eigenvalue weighted by Crippen LogP contribution is 2.42. The molecule has 11 aromatic rings. The molecule has 0 saturated heterocycles. The molecule has 0 amide bonds. The fourth-order valence-corrected chi connectivity index (χ4v) is 8.39. The van der Waals surface area contributed by atoms with Crippen LogP contribution < -0.4 is 0 Å². The maximum absolute atomic E-state index is 5.28. The largest absolute Gasteiger partial charge is 0.309 e. The number of aromatic nitrogens is 3. The summed E-state index contributed by atoms with van der Waals surface area (Å²) < 4.78 is 4.85. The zero-order chi connectivity index (χ0) is 35.6. The first kappa shape index (κ1) is 30.4. The molecule has 3 nitrogen and oxygen atoms in total. The van der Waals surface area contributed by atoms with Crippen LogP contribution in [0.3, 0.4) is 0 Å². The first-order chi connectivity index (χ1) is 26.8. The molecule has 0 fully saturated rings. The topological polar surface area (TPSA) is 22.8 Å². The Morgan fingerprint density at radius 1 is 0.315 bits per heavy atom. The van der Waals surface area contributed by atoms with E-state index in [1.54, 1.807) is 0 Å². The van der Waals surface area contributed by atoms with Crippen LogP contribution in [-0.2, 0) is 0 Å². The Morgan fingerprint density at radius 3 is 1.69 bits per heavy atom. The molecule has 11 rings (SSSR count). The molecule has 0 unspecified atom stereocenters. The Balaban J connectivity index is 1.10. The lowest BCUT2D eigenvalue weighted by molar-refractivity contribution is 1.17. The van der Waals surface area contributed by atoms with Gasteiger partial charge in [0.2, 0.25) is 0 Å². The van der Waals surface area contributed by atoms with Gasteiger partial charge >= 0.3 is 0 Å². The minimum absolute atomic E-state index is 0.947. The van der Waals surface area contributed by atoms with Crippen LogP contribution in [0, 0.1) is 0 Å². The second-order valence-electron chi connectivity index (χ2n) is 14.0. The molecule has 3 aromatic heterocycles. The molecule has 0 saturated carbocycles. The average Bonchev–Trinajstić information content (AvgIpc) is 3.77. The fourth-order valence-electron chi connectivity index (χ4n) is 8.39. The molecule has 0 aliphatic rings. The first-order valence-electron chi connectivity index (χ1n) is 18.5. The number of fused-ring (bicyclic) bond motifs is 8. The Hall–Kier alpha value is -7.23. The summed E-state index contributed by atoms with van der Waals surface area (Å²) in [6.07, 6.45) is 0. The number of rotatable bonds is 5. The predicted octanol–water partition coefficient (Wildman–Crippen LogP) is 13.4. The lowest BCUT2D eigenvalue weighted by Crippen LogP contribution is -1.96. The van der Waals surface area contributed by atoms with E-state index in [1.165, 1.54) is 59.9 Å². The van der Waals surface area contributed by atoms with Gasteiger partial charge in [-0.15, -0.1) is 0 Å². The van der Waals surface area contributed by atoms with E-state index in [4.69, 9.17) is 4.98 Å². The number of hydrogen-bond acceptors (Lipinski definition) is 1. The quantitative estimate of drug-likeness (QED) is 0.177. The minimum atomic E-state index is 0.947. The third kappa shape index (κ3) is 4.79. The summed E-state index contributed by atoms with van der Waals surface area (Å²) in [5.41, 5.74) is 13.5. The summed E-state index contributed by atoms with van der Waals surface area (Å²) in [5.74, 6) is 0. The van der Waals surface area contributed by atoms with Crippen LogP contribution >= 0.6 is 0 Å². The van der Waals surface area contributed by atoms with Crippen LogP contribution in [0.5, 0.6) is 0 Å². The van der Waals surface area contributed by atoms with Gasteiger partial charge in [0.25, 0.3) is 0 Å². The summed E-state index contributed by atoms with van der Waals surface area (Å²) in [6.45, 7) is 0. The van der Waals surface area contributed by atoms with Crippen LogP contribution in [0.4, 0.5) is 0 Å².